The summed E-state index contributed by atoms with van der Waals surface area (Å²) in [6.45, 7) is 1.60. The van der Waals surface area contributed by atoms with Crippen molar-refractivity contribution in [2.75, 3.05) is 0 Å². The van der Waals surface area contributed by atoms with E-state index >= 15 is 0 Å². The van der Waals surface area contributed by atoms with E-state index < -0.39 is 5.60 Å². The fraction of sp³-hybridized carbons (Fsp3) is 0.611. The second-order valence-electron chi connectivity index (χ2n) is 7.37. The first-order valence-corrected chi connectivity index (χ1v) is 7.88. The first kappa shape index (κ1) is 12.6. The van der Waals surface area contributed by atoms with Crippen molar-refractivity contribution < 1.29 is 9.90 Å². The van der Waals surface area contributed by atoms with Gasteiger partial charge in [-0.1, -0.05) is 24.3 Å². The van der Waals surface area contributed by atoms with Crippen LogP contribution in [-0.2, 0) is 0 Å². The molecule has 0 amide bonds. The molecule has 0 saturated heterocycles. The fourth-order valence-electron chi connectivity index (χ4n) is 5.51. The lowest BCUT2D eigenvalue weighted by atomic mass is 9.48. The number of benzene rings is 1. The zero-order chi connectivity index (χ0) is 13.9. The molecule has 0 heterocycles. The third kappa shape index (κ3) is 1.77. The molecule has 3 atom stereocenters. The van der Waals surface area contributed by atoms with Crippen LogP contribution >= 0.6 is 0 Å². The van der Waals surface area contributed by atoms with Crippen LogP contribution in [0.2, 0.25) is 0 Å². The lowest BCUT2D eigenvalue weighted by Gasteiger charge is -2.59. The topological polar surface area (TPSA) is 37.3 Å². The lowest BCUT2D eigenvalue weighted by molar-refractivity contribution is -0.143. The van der Waals surface area contributed by atoms with Gasteiger partial charge in [0, 0.05) is 11.5 Å². The molecule has 0 aliphatic heterocycles. The van der Waals surface area contributed by atoms with Crippen molar-refractivity contribution in [2.45, 2.75) is 50.5 Å². The summed E-state index contributed by atoms with van der Waals surface area (Å²) in [5.41, 5.74) is 1.53. The molecule has 0 aromatic heterocycles. The Morgan fingerprint density at radius 3 is 2.20 bits per heavy atom. The first-order valence-electron chi connectivity index (χ1n) is 7.88. The molecule has 4 aliphatic carbocycles. The van der Waals surface area contributed by atoms with Crippen LogP contribution < -0.4 is 0 Å². The molecular weight excluding hydrogens is 248 g/mol. The number of hydrogen-bond donors (Lipinski definition) is 1. The molecule has 2 heteroatoms. The molecule has 4 aliphatic rings. The average molecular weight is 270 g/mol. The highest BCUT2D eigenvalue weighted by Gasteiger charge is 2.56. The second-order valence-corrected chi connectivity index (χ2v) is 7.37. The summed E-state index contributed by atoms with van der Waals surface area (Å²) >= 11 is 0. The van der Waals surface area contributed by atoms with Gasteiger partial charge in [-0.05, 0) is 62.3 Å². The fourth-order valence-corrected chi connectivity index (χ4v) is 5.51. The van der Waals surface area contributed by atoms with E-state index in [4.69, 9.17) is 0 Å². The van der Waals surface area contributed by atoms with Gasteiger partial charge in [-0.15, -0.1) is 0 Å². The van der Waals surface area contributed by atoms with Crippen molar-refractivity contribution in [3.63, 3.8) is 0 Å². The van der Waals surface area contributed by atoms with E-state index in [0.717, 1.165) is 30.2 Å². The molecule has 1 aromatic carbocycles. The molecule has 20 heavy (non-hydrogen) atoms. The van der Waals surface area contributed by atoms with Gasteiger partial charge in [0.1, 0.15) is 0 Å². The summed E-state index contributed by atoms with van der Waals surface area (Å²) in [4.78, 5) is 11.4. The van der Waals surface area contributed by atoms with Crippen LogP contribution in [0.25, 0.3) is 0 Å². The van der Waals surface area contributed by atoms with E-state index in [1.54, 1.807) is 6.92 Å². The molecule has 1 aromatic rings. The SMILES string of the molecule is CC(=O)c1ccc(C2C3CC4CC(C3)CC2(O)C4)cc1. The average Bonchev–Trinajstić information content (AvgIpc) is 2.36. The number of ketones is 1. The third-order valence-corrected chi connectivity index (χ3v) is 5.95. The maximum Gasteiger partial charge on any atom is 0.159 e. The largest absolute Gasteiger partial charge is 0.389 e. The quantitative estimate of drug-likeness (QED) is 0.835. The Kier molecular flexibility index (Phi) is 2.62. The smallest absolute Gasteiger partial charge is 0.159 e. The first-order chi connectivity index (χ1) is 9.55. The number of carbonyl (C=O) groups excluding carboxylic acids is 1. The molecule has 4 bridgehead atoms. The number of carbonyl (C=O) groups is 1. The van der Waals surface area contributed by atoms with Crippen molar-refractivity contribution >= 4 is 5.78 Å². The summed E-state index contributed by atoms with van der Waals surface area (Å²) in [5.74, 6) is 2.56. The number of Topliss-reactive ketones (excluding diaryl/α,β-unsaturated/α-hetero) is 1. The van der Waals surface area contributed by atoms with E-state index in [1.807, 2.05) is 12.1 Å². The Morgan fingerprint density at radius 2 is 1.70 bits per heavy atom. The zero-order valence-electron chi connectivity index (χ0n) is 12.0. The van der Waals surface area contributed by atoms with Crippen LogP contribution in [0.4, 0.5) is 0 Å². The zero-order valence-corrected chi connectivity index (χ0v) is 12.0. The van der Waals surface area contributed by atoms with Gasteiger partial charge in [0.25, 0.3) is 0 Å². The maximum absolute atomic E-state index is 11.4. The van der Waals surface area contributed by atoms with Crippen molar-refractivity contribution in [2.24, 2.45) is 17.8 Å². The number of aliphatic hydroxyl groups is 1. The van der Waals surface area contributed by atoms with Gasteiger partial charge < -0.3 is 5.11 Å². The van der Waals surface area contributed by atoms with E-state index in [-0.39, 0.29) is 11.7 Å². The maximum atomic E-state index is 11.4. The molecule has 4 saturated carbocycles. The summed E-state index contributed by atoms with van der Waals surface area (Å²) in [6, 6.07) is 7.99. The van der Waals surface area contributed by atoms with Crippen LogP contribution in [0, 0.1) is 17.8 Å². The van der Waals surface area contributed by atoms with E-state index in [0.29, 0.717) is 5.92 Å². The van der Waals surface area contributed by atoms with Gasteiger partial charge in [-0.3, -0.25) is 4.79 Å². The minimum atomic E-state index is -0.480. The molecule has 0 radical (unpaired) electrons. The number of rotatable bonds is 2. The van der Waals surface area contributed by atoms with Crippen LogP contribution in [0.1, 0.15) is 60.9 Å². The molecule has 106 valence electrons. The Bertz CT molecular complexity index is 531. The molecule has 5 rings (SSSR count). The molecule has 0 spiro atoms. The minimum Gasteiger partial charge on any atom is -0.389 e. The summed E-state index contributed by atoms with van der Waals surface area (Å²) in [5, 5.41) is 11.1. The minimum absolute atomic E-state index is 0.111. The van der Waals surface area contributed by atoms with Gasteiger partial charge in [0.15, 0.2) is 5.78 Å². The van der Waals surface area contributed by atoms with Crippen molar-refractivity contribution in [3.05, 3.63) is 35.4 Å². The Labute approximate surface area is 120 Å². The van der Waals surface area contributed by atoms with Crippen molar-refractivity contribution in [1.82, 2.24) is 0 Å². The lowest BCUT2D eigenvalue weighted by Crippen LogP contribution is -2.55. The summed E-state index contributed by atoms with van der Waals surface area (Å²) in [6.07, 6.45) is 5.89. The van der Waals surface area contributed by atoms with Crippen molar-refractivity contribution in [3.8, 4) is 0 Å². The van der Waals surface area contributed by atoms with Gasteiger partial charge >= 0.3 is 0 Å². The van der Waals surface area contributed by atoms with Gasteiger partial charge in [-0.25, -0.2) is 0 Å². The highest BCUT2D eigenvalue weighted by molar-refractivity contribution is 5.94. The Hall–Kier alpha value is -1.15. The third-order valence-electron chi connectivity index (χ3n) is 5.95. The normalized spacial score (nSPS) is 41.9. The Balaban J connectivity index is 1.69. The molecule has 1 N–H and O–H groups in total. The predicted octanol–water partition coefficient (Wildman–Crippen LogP) is 3.54. The van der Waals surface area contributed by atoms with Crippen LogP contribution in [-0.4, -0.2) is 16.5 Å². The van der Waals surface area contributed by atoms with Gasteiger partial charge in [-0.2, -0.15) is 0 Å². The van der Waals surface area contributed by atoms with E-state index in [9.17, 15) is 9.90 Å². The van der Waals surface area contributed by atoms with Crippen LogP contribution in [0.15, 0.2) is 24.3 Å². The highest BCUT2D eigenvalue weighted by Crippen LogP contribution is 2.61. The van der Waals surface area contributed by atoms with Crippen LogP contribution in [0.3, 0.4) is 0 Å². The summed E-state index contributed by atoms with van der Waals surface area (Å²) < 4.78 is 0. The summed E-state index contributed by atoms with van der Waals surface area (Å²) in [7, 11) is 0. The van der Waals surface area contributed by atoms with Gasteiger partial charge in [0.2, 0.25) is 0 Å². The number of hydrogen-bond acceptors (Lipinski definition) is 2. The van der Waals surface area contributed by atoms with Crippen molar-refractivity contribution in [1.29, 1.82) is 0 Å². The molecule has 4 fully saturated rings. The second kappa shape index (κ2) is 4.17. The molecule has 2 nitrogen and oxygen atoms in total. The van der Waals surface area contributed by atoms with Gasteiger partial charge in [0.05, 0.1) is 5.60 Å². The van der Waals surface area contributed by atoms with E-state index in [1.165, 1.54) is 24.8 Å². The molecular formula is C18H22O2. The van der Waals surface area contributed by atoms with Crippen LogP contribution in [0.5, 0.6) is 0 Å². The predicted molar refractivity (Wildman–Crippen MR) is 77.7 cm³/mol. The monoisotopic (exact) mass is 270 g/mol. The standard InChI is InChI=1S/C18H22O2/c1-11(19)14-2-4-15(5-3-14)17-16-7-12-6-13(8-16)10-18(17,20)9-12/h2-5,12-13,16-17,20H,6-10H2,1H3. The molecule has 3 unspecified atom stereocenters. The van der Waals surface area contributed by atoms with E-state index in [2.05, 4.69) is 12.1 Å². The Morgan fingerprint density at radius 1 is 1.10 bits per heavy atom. The highest BCUT2D eigenvalue weighted by atomic mass is 16.3.